The van der Waals surface area contributed by atoms with Crippen molar-refractivity contribution in [3.05, 3.63) is 54.1 Å². The van der Waals surface area contributed by atoms with Crippen LogP contribution in [0.1, 0.15) is 43.0 Å². The van der Waals surface area contributed by atoms with Crippen molar-refractivity contribution in [1.82, 2.24) is 5.32 Å². The quantitative estimate of drug-likeness (QED) is 0.562. The van der Waals surface area contributed by atoms with Gasteiger partial charge in [-0.3, -0.25) is 9.59 Å². The summed E-state index contributed by atoms with van der Waals surface area (Å²) in [5, 5.41) is 5.60. The fourth-order valence-electron chi connectivity index (χ4n) is 3.65. The summed E-state index contributed by atoms with van der Waals surface area (Å²) in [6.07, 6.45) is -1.02. The van der Waals surface area contributed by atoms with Crippen molar-refractivity contribution in [2.45, 2.75) is 44.8 Å². The maximum absolute atomic E-state index is 12.9. The van der Waals surface area contributed by atoms with Crippen molar-refractivity contribution in [3.8, 4) is 5.75 Å². The van der Waals surface area contributed by atoms with Gasteiger partial charge in [-0.25, -0.2) is 0 Å². The molecule has 0 bridgehead atoms. The number of anilines is 2. The second-order valence-electron chi connectivity index (χ2n) is 7.98. The molecule has 2 N–H and O–H groups in total. The van der Waals surface area contributed by atoms with E-state index < -0.39 is 24.7 Å². The van der Waals surface area contributed by atoms with E-state index in [1.807, 2.05) is 31.2 Å². The Kier molecular flexibility index (Phi) is 8.19. The van der Waals surface area contributed by atoms with Crippen LogP contribution < -0.4 is 20.3 Å². The fourth-order valence-corrected chi connectivity index (χ4v) is 3.65. The zero-order valence-corrected chi connectivity index (χ0v) is 18.5. The van der Waals surface area contributed by atoms with Crippen LogP contribution in [0.4, 0.5) is 24.5 Å². The molecule has 1 fully saturated rings. The summed E-state index contributed by atoms with van der Waals surface area (Å²) in [4.78, 5) is 27.8. The molecule has 33 heavy (non-hydrogen) atoms. The number of carbonyl (C=O) groups excluding carboxylic acids is 2. The Morgan fingerprint density at radius 1 is 1.09 bits per heavy atom. The van der Waals surface area contributed by atoms with Gasteiger partial charge < -0.3 is 20.3 Å². The number of amides is 2. The van der Waals surface area contributed by atoms with Gasteiger partial charge in [-0.05, 0) is 61.7 Å². The maximum Gasteiger partial charge on any atom is 0.422 e. The lowest BCUT2D eigenvalue weighted by molar-refractivity contribution is -0.153. The molecule has 1 atom stereocenters. The molecule has 2 amide bonds. The number of carbonyl (C=O) groups is 2. The van der Waals surface area contributed by atoms with Gasteiger partial charge in [0.25, 0.3) is 5.91 Å². The molecular weight excluding hydrogens is 435 g/mol. The lowest BCUT2D eigenvalue weighted by Gasteiger charge is -2.20. The second kappa shape index (κ2) is 11.1. The summed E-state index contributed by atoms with van der Waals surface area (Å²) in [5.74, 6) is -0.810. The lowest BCUT2D eigenvalue weighted by Crippen LogP contribution is -2.43. The first-order chi connectivity index (χ1) is 15.7. The van der Waals surface area contributed by atoms with E-state index >= 15 is 0 Å². The molecule has 1 saturated heterocycles. The van der Waals surface area contributed by atoms with Gasteiger partial charge in [0.05, 0.1) is 0 Å². The van der Waals surface area contributed by atoms with Gasteiger partial charge in [-0.2, -0.15) is 13.2 Å². The smallest absolute Gasteiger partial charge is 0.422 e. The normalized spacial score (nSPS) is 14.6. The molecule has 0 aromatic heterocycles. The van der Waals surface area contributed by atoms with E-state index in [-0.39, 0.29) is 17.2 Å². The number of nitrogens with zero attached hydrogens (tertiary/aromatic N) is 1. The van der Waals surface area contributed by atoms with Crippen LogP contribution in [0.5, 0.6) is 5.75 Å². The highest BCUT2D eigenvalue weighted by Gasteiger charge is 2.28. The Bertz CT molecular complexity index is 942. The molecule has 1 aliphatic rings. The minimum absolute atomic E-state index is 0.00427. The Balaban J connectivity index is 1.60. The molecule has 0 radical (unpaired) electrons. The van der Waals surface area contributed by atoms with E-state index in [4.69, 9.17) is 0 Å². The van der Waals surface area contributed by atoms with Gasteiger partial charge in [-0.15, -0.1) is 0 Å². The average molecular weight is 464 g/mol. The highest BCUT2D eigenvalue weighted by Crippen LogP contribution is 2.24. The number of hydrogen-bond acceptors (Lipinski definition) is 4. The van der Waals surface area contributed by atoms with Crippen LogP contribution >= 0.6 is 0 Å². The molecule has 178 valence electrons. The summed E-state index contributed by atoms with van der Waals surface area (Å²) in [6.45, 7) is 2.49. The van der Waals surface area contributed by atoms with Crippen LogP contribution in [-0.2, 0) is 4.79 Å². The van der Waals surface area contributed by atoms with Crippen LogP contribution in [0, 0.1) is 0 Å². The molecule has 0 saturated carbocycles. The van der Waals surface area contributed by atoms with Crippen molar-refractivity contribution >= 4 is 23.2 Å². The standard InChI is InChI=1S/C24H28F3N3O3/c1-2-6-21(23(32)28-18-7-5-8-19(15-18)30-13-3-4-14-30)29-22(31)17-9-11-20(12-10-17)33-16-24(25,26)27/h5,7-12,15,21H,2-4,6,13-14,16H2,1H3,(H,28,32)(H,29,31). The van der Waals surface area contributed by atoms with Crippen LogP contribution in [-0.4, -0.2) is 43.7 Å². The molecule has 1 heterocycles. The first-order valence-corrected chi connectivity index (χ1v) is 11.0. The Morgan fingerprint density at radius 2 is 1.79 bits per heavy atom. The van der Waals surface area contributed by atoms with Gasteiger partial charge >= 0.3 is 6.18 Å². The van der Waals surface area contributed by atoms with E-state index in [1.165, 1.54) is 24.3 Å². The zero-order valence-electron chi connectivity index (χ0n) is 18.5. The number of alkyl halides is 3. The van der Waals surface area contributed by atoms with Crippen molar-refractivity contribution < 1.29 is 27.5 Å². The predicted octanol–water partition coefficient (Wildman–Crippen LogP) is 4.77. The molecule has 9 heteroatoms. The van der Waals surface area contributed by atoms with Crippen molar-refractivity contribution in [3.63, 3.8) is 0 Å². The molecule has 6 nitrogen and oxygen atoms in total. The molecule has 1 aliphatic heterocycles. The summed E-state index contributed by atoms with van der Waals surface area (Å²) >= 11 is 0. The van der Waals surface area contributed by atoms with E-state index in [1.54, 1.807) is 0 Å². The highest BCUT2D eigenvalue weighted by molar-refractivity contribution is 6.01. The molecule has 2 aromatic carbocycles. The molecule has 3 rings (SSSR count). The first kappa shape index (κ1) is 24.4. The molecule has 1 unspecified atom stereocenters. The monoisotopic (exact) mass is 463 g/mol. The number of nitrogens with one attached hydrogen (secondary N) is 2. The van der Waals surface area contributed by atoms with Crippen LogP contribution in [0.3, 0.4) is 0 Å². The lowest BCUT2D eigenvalue weighted by atomic mass is 10.1. The predicted molar refractivity (Wildman–Crippen MR) is 121 cm³/mol. The van der Waals surface area contributed by atoms with Crippen LogP contribution in [0.15, 0.2) is 48.5 Å². The number of halogens is 3. The Labute approximate surface area is 191 Å². The minimum Gasteiger partial charge on any atom is -0.484 e. The zero-order chi connectivity index (χ0) is 23.8. The highest BCUT2D eigenvalue weighted by atomic mass is 19.4. The number of benzene rings is 2. The maximum atomic E-state index is 12.9. The van der Waals surface area contributed by atoms with Crippen molar-refractivity contribution in [2.24, 2.45) is 0 Å². The Morgan fingerprint density at radius 3 is 2.42 bits per heavy atom. The van der Waals surface area contributed by atoms with E-state index in [2.05, 4.69) is 20.3 Å². The van der Waals surface area contributed by atoms with Crippen molar-refractivity contribution in [2.75, 3.05) is 29.9 Å². The van der Waals surface area contributed by atoms with Gasteiger partial charge in [0.15, 0.2) is 6.61 Å². The molecule has 0 aliphatic carbocycles. The summed E-state index contributed by atoms with van der Waals surface area (Å²) in [7, 11) is 0. The summed E-state index contributed by atoms with van der Waals surface area (Å²) in [6, 6.07) is 12.2. The van der Waals surface area contributed by atoms with Gasteiger partial charge in [0.1, 0.15) is 11.8 Å². The van der Waals surface area contributed by atoms with Gasteiger partial charge in [-0.1, -0.05) is 19.4 Å². The van der Waals surface area contributed by atoms with Gasteiger partial charge in [0.2, 0.25) is 5.91 Å². The third kappa shape index (κ3) is 7.40. The average Bonchev–Trinajstić information content (AvgIpc) is 3.32. The second-order valence-corrected chi connectivity index (χ2v) is 7.98. The largest absolute Gasteiger partial charge is 0.484 e. The topological polar surface area (TPSA) is 70.7 Å². The van der Waals surface area contributed by atoms with Crippen LogP contribution in [0.25, 0.3) is 0 Å². The van der Waals surface area contributed by atoms with Crippen molar-refractivity contribution in [1.29, 1.82) is 0 Å². The third-order valence-corrected chi connectivity index (χ3v) is 5.30. The molecule has 2 aromatic rings. The number of hydrogen-bond donors (Lipinski definition) is 2. The number of ether oxygens (including phenoxy) is 1. The fraction of sp³-hybridized carbons (Fsp3) is 0.417. The number of rotatable bonds is 9. The SMILES string of the molecule is CCCC(NC(=O)c1ccc(OCC(F)(F)F)cc1)C(=O)Nc1cccc(N2CCCC2)c1. The van der Waals surface area contributed by atoms with E-state index in [0.29, 0.717) is 18.5 Å². The molecular formula is C24H28F3N3O3. The minimum atomic E-state index is -4.44. The summed E-state index contributed by atoms with van der Waals surface area (Å²) < 4.78 is 41.5. The summed E-state index contributed by atoms with van der Waals surface area (Å²) in [5.41, 5.74) is 1.93. The first-order valence-electron chi connectivity index (χ1n) is 11.0. The van der Waals surface area contributed by atoms with E-state index in [0.717, 1.165) is 31.6 Å². The van der Waals surface area contributed by atoms with E-state index in [9.17, 15) is 22.8 Å². The third-order valence-electron chi connectivity index (χ3n) is 5.30. The van der Waals surface area contributed by atoms with Crippen LogP contribution in [0.2, 0.25) is 0 Å². The Hall–Kier alpha value is -3.23. The molecule has 0 spiro atoms. The van der Waals surface area contributed by atoms with Gasteiger partial charge in [0, 0.05) is 30.0 Å².